The standard InChI is InChI=1S/C20H21N3O4S/c1-26-9-7-15-22-23-19(28-15)21-18(25)16-12-6-8-20(17(12)16)10-13(24)11-4-2-3-5-14(11)27-20/h2-5,12,16-17H,6-10H2,1H3,(H,21,23,25)/t12-,16+,17+,20-/m1/s1. The third-order valence-corrected chi connectivity index (χ3v) is 7.06. The summed E-state index contributed by atoms with van der Waals surface area (Å²) in [5, 5.41) is 12.4. The Labute approximate surface area is 166 Å². The van der Waals surface area contributed by atoms with Gasteiger partial charge in [-0.2, -0.15) is 0 Å². The van der Waals surface area contributed by atoms with Crippen LogP contribution in [0.25, 0.3) is 0 Å². The number of hydrogen-bond acceptors (Lipinski definition) is 7. The summed E-state index contributed by atoms with van der Waals surface area (Å²) in [6.07, 6.45) is 2.77. The number of carbonyl (C=O) groups is 2. The molecule has 1 aliphatic heterocycles. The predicted octanol–water partition coefficient (Wildman–Crippen LogP) is 2.73. The van der Waals surface area contributed by atoms with Crippen LogP contribution in [0.15, 0.2) is 24.3 Å². The molecule has 1 N–H and O–H groups in total. The first-order valence-electron chi connectivity index (χ1n) is 9.55. The Balaban J connectivity index is 1.29. The number of ether oxygens (including phenoxy) is 2. The highest BCUT2D eigenvalue weighted by atomic mass is 32.1. The second-order valence-electron chi connectivity index (χ2n) is 7.75. The zero-order chi connectivity index (χ0) is 19.3. The summed E-state index contributed by atoms with van der Waals surface area (Å²) in [7, 11) is 1.64. The number of aromatic nitrogens is 2. The van der Waals surface area contributed by atoms with E-state index in [1.54, 1.807) is 7.11 Å². The maximum atomic E-state index is 12.8. The van der Waals surface area contributed by atoms with Crippen molar-refractivity contribution >= 4 is 28.2 Å². The van der Waals surface area contributed by atoms with Gasteiger partial charge in [0.05, 0.1) is 18.6 Å². The van der Waals surface area contributed by atoms with Crippen molar-refractivity contribution in [3.8, 4) is 5.75 Å². The van der Waals surface area contributed by atoms with E-state index in [2.05, 4.69) is 15.5 Å². The van der Waals surface area contributed by atoms with Crippen molar-refractivity contribution in [2.45, 2.75) is 31.3 Å². The summed E-state index contributed by atoms with van der Waals surface area (Å²) in [5.41, 5.74) is 0.110. The number of amides is 1. The van der Waals surface area contributed by atoms with Crippen LogP contribution in [0.3, 0.4) is 0 Å². The van der Waals surface area contributed by atoms with Gasteiger partial charge < -0.3 is 14.8 Å². The molecule has 4 atom stereocenters. The molecule has 1 spiro atoms. The third kappa shape index (κ3) is 2.82. The number of Topliss-reactive ketones (excluding diaryl/α,β-unsaturated/α-hetero) is 1. The smallest absolute Gasteiger partial charge is 0.230 e. The fraction of sp³-hybridized carbons (Fsp3) is 0.500. The first kappa shape index (κ1) is 17.8. The van der Waals surface area contributed by atoms with Gasteiger partial charge in [0.1, 0.15) is 16.4 Å². The molecule has 3 aliphatic rings. The minimum Gasteiger partial charge on any atom is -0.486 e. The molecule has 0 bridgehead atoms. The second kappa shape index (κ2) is 6.63. The molecule has 1 aromatic heterocycles. The number of ketones is 1. The van der Waals surface area contributed by atoms with E-state index in [1.165, 1.54) is 11.3 Å². The van der Waals surface area contributed by atoms with Gasteiger partial charge in [-0.05, 0) is 30.9 Å². The number of methoxy groups -OCH3 is 1. The fourth-order valence-corrected chi connectivity index (χ4v) is 5.63. The molecule has 2 fully saturated rings. The summed E-state index contributed by atoms with van der Waals surface area (Å²) in [6, 6.07) is 7.39. The minimum absolute atomic E-state index is 0.0431. The van der Waals surface area contributed by atoms with Crippen LogP contribution < -0.4 is 10.1 Å². The maximum Gasteiger partial charge on any atom is 0.230 e. The van der Waals surface area contributed by atoms with Crippen LogP contribution in [0.2, 0.25) is 0 Å². The van der Waals surface area contributed by atoms with E-state index in [4.69, 9.17) is 9.47 Å². The molecule has 1 amide bonds. The SMILES string of the molecule is COCCc1nnc(NC(=O)[C@H]2[C@H]3CC[C@@]4(CC(=O)c5ccccc5O4)[C@@H]32)s1. The number of fused-ring (bicyclic) bond motifs is 3. The Morgan fingerprint density at radius 1 is 1.39 bits per heavy atom. The molecule has 1 aromatic carbocycles. The van der Waals surface area contributed by atoms with Crippen molar-refractivity contribution in [3.63, 3.8) is 0 Å². The largest absolute Gasteiger partial charge is 0.486 e. The normalized spacial score (nSPS) is 29.9. The van der Waals surface area contributed by atoms with Gasteiger partial charge in [-0.3, -0.25) is 9.59 Å². The van der Waals surface area contributed by atoms with Crippen LogP contribution in [0.4, 0.5) is 5.13 Å². The molecule has 8 heteroatoms. The molecule has 2 aliphatic carbocycles. The van der Waals surface area contributed by atoms with Crippen LogP contribution in [-0.4, -0.2) is 41.2 Å². The van der Waals surface area contributed by atoms with Crippen molar-refractivity contribution in [1.82, 2.24) is 10.2 Å². The Bertz CT molecular complexity index is 945. The maximum absolute atomic E-state index is 12.8. The average Bonchev–Trinajstić information content (AvgIpc) is 3.12. The van der Waals surface area contributed by atoms with E-state index in [0.29, 0.717) is 35.9 Å². The number of benzene rings is 1. The first-order valence-corrected chi connectivity index (χ1v) is 10.4. The lowest BCUT2D eigenvalue weighted by Crippen LogP contribution is -2.44. The molecule has 2 heterocycles. The Morgan fingerprint density at radius 2 is 2.25 bits per heavy atom. The highest BCUT2D eigenvalue weighted by molar-refractivity contribution is 7.15. The zero-order valence-electron chi connectivity index (χ0n) is 15.5. The molecule has 7 nitrogen and oxygen atoms in total. The van der Waals surface area contributed by atoms with E-state index >= 15 is 0 Å². The van der Waals surface area contributed by atoms with Crippen molar-refractivity contribution in [3.05, 3.63) is 34.8 Å². The van der Waals surface area contributed by atoms with Crippen LogP contribution in [0.5, 0.6) is 5.75 Å². The molecule has 2 saturated carbocycles. The van der Waals surface area contributed by atoms with Crippen LogP contribution >= 0.6 is 11.3 Å². The summed E-state index contributed by atoms with van der Waals surface area (Å²) in [6.45, 7) is 0.574. The summed E-state index contributed by atoms with van der Waals surface area (Å²) < 4.78 is 11.4. The van der Waals surface area contributed by atoms with E-state index in [9.17, 15) is 9.59 Å². The molecule has 0 saturated heterocycles. The van der Waals surface area contributed by atoms with Crippen LogP contribution in [0, 0.1) is 17.8 Å². The van der Waals surface area contributed by atoms with E-state index in [-0.39, 0.29) is 29.4 Å². The molecular weight excluding hydrogens is 378 g/mol. The molecule has 5 rings (SSSR count). The summed E-state index contributed by atoms with van der Waals surface area (Å²) in [5.74, 6) is 0.957. The van der Waals surface area contributed by atoms with Crippen LogP contribution in [-0.2, 0) is 16.0 Å². The molecule has 2 aromatic rings. The number of nitrogens with zero attached hydrogens (tertiary/aromatic N) is 2. The summed E-state index contributed by atoms with van der Waals surface area (Å²) in [4.78, 5) is 25.5. The third-order valence-electron chi connectivity index (χ3n) is 6.16. The average molecular weight is 399 g/mol. The van der Waals surface area contributed by atoms with Gasteiger partial charge in [-0.15, -0.1) is 10.2 Å². The number of carbonyl (C=O) groups excluding carboxylic acids is 2. The topological polar surface area (TPSA) is 90.4 Å². The molecule has 28 heavy (non-hydrogen) atoms. The monoisotopic (exact) mass is 399 g/mol. The number of rotatable bonds is 5. The number of nitrogens with one attached hydrogen (secondary N) is 1. The highest BCUT2D eigenvalue weighted by Gasteiger charge is 2.70. The minimum atomic E-state index is -0.539. The van der Waals surface area contributed by atoms with Gasteiger partial charge in [-0.1, -0.05) is 23.5 Å². The van der Waals surface area contributed by atoms with Gasteiger partial charge in [0.15, 0.2) is 5.78 Å². The molecule has 146 valence electrons. The molecule has 0 unspecified atom stereocenters. The van der Waals surface area contributed by atoms with Gasteiger partial charge in [0, 0.05) is 25.4 Å². The summed E-state index contributed by atoms with van der Waals surface area (Å²) >= 11 is 1.37. The van der Waals surface area contributed by atoms with E-state index in [1.807, 2.05) is 24.3 Å². The Kier molecular flexibility index (Phi) is 4.21. The molecule has 0 radical (unpaired) electrons. The first-order chi connectivity index (χ1) is 13.6. The van der Waals surface area contributed by atoms with Crippen molar-refractivity contribution in [2.24, 2.45) is 17.8 Å². The fourth-order valence-electron chi connectivity index (χ4n) is 4.90. The number of anilines is 1. The predicted molar refractivity (Wildman–Crippen MR) is 103 cm³/mol. The number of hydrogen-bond donors (Lipinski definition) is 1. The lowest BCUT2D eigenvalue weighted by Gasteiger charge is -2.37. The second-order valence-corrected chi connectivity index (χ2v) is 8.81. The van der Waals surface area contributed by atoms with E-state index in [0.717, 1.165) is 17.8 Å². The number of para-hydroxylation sites is 1. The van der Waals surface area contributed by atoms with Crippen molar-refractivity contribution in [2.75, 3.05) is 19.0 Å². The lowest BCUT2D eigenvalue weighted by molar-refractivity contribution is -0.119. The van der Waals surface area contributed by atoms with Crippen molar-refractivity contribution in [1.29, 1.82) is 0 Å². The zero-order valence-corrected chi connectivity index (χ0v) is 16.3. The molecular formula is C20H21N3O4S. The van der Waals surface area contributed by atoms with Gasteiger partial charge in [-0.25, -0.2) is 0 Å². The van der Waals surface area contributed by atoms with E-state index < -0.39 is 5.60 Å². The Hall–Kier alpha value is -2.32. The van der Waals surface area contributed by atoms with Gasteiger partial charge in [0.25, 0.3) is 0 Å². The Morgan fingerprint density at radius 3 is 3.11 bits per heavy atom. The van der Waals surface area contributed by atoms with Gasteiger partial charge in [0.2, 0.25) is 11.0 Å². The van der Waals surface area contributed by atoms with Gasteiger partial charge >= 0.3 is 0 Å². The van der Waals surface area contributed by atoms with Crippen molar-refractivity contribution < 1.29 is 19.1 Å². The quantitative estimate of drug-likeness (QED) is 0.831. The highest BCUT2D eigenvalue weighted by Crippen LogP contribution is 2.65. The van der Waals surface area contributed by atoms with Crippen LogP contribution in [0.1, 0.15) is 34.6 Å². The lowest BCUT2D eigenvalue weighted by atomic mass is 9.84.